The molecular weight excluding hydrogens is 204 g/mol. The number of carbonyl (C=O) groups excluding carboxylic acids is 2. The van der Waals surface area contributed by atoms with Crippen molar-refractivity contribution in [1.29, 1.82) is 0 Å². The van der Waals surface area contributed by atoms with Gasteiger partial charge in [0.15, 0.2) is 0 Å². The fraction of sp³-hybridized carbons (Fsp3) is 0.667. The third-order valence-corrected chi connectivity index (χ3v) is 3.87. The minimum absolute atomic E-state index is 0.133. The molecule has 4 nitrogen and oxygen atoms in total. The molecule has 0 bridgehead atoms. The maximum Gasteiger partial charge on any atom is 0.246 e. The van der Waals surface area contributed by atoms with Crippen LogP contribution in [0.15, 0.2) is 12.2 Å². The molecule has 2 aliphatic heterocycles. The number of amides is 2. The van der Waals surface area contributed by atoms with Crippen molar-refractivity contribution in [3.05, 3.63) is 12.2 Å². The van der Waals surface area contributed by atoms with Gasteiger partial charge < -0.3 is 9.80 Å². The summed E-state index contributed by atoms with van der Waals surface area (Å²) in [4.78, 5) is 27.7. The summed E-state index contributed by atoms with van der Waals surface area (Å²) in [6.45, 7) is 1.06. The lowest BCUT2D eigenvalue weighted by Gasteiger charge is -2.39. The van der Waals surface area contributed by atoms with Gasteiger partial charge >= 0.3 is 0 Å². The largest absolute Gasteiger partial charge is 0.329 e. The predicted octanol–water partition coefficient (Wildman–Crippen LogP) is 0.538. The van der Waals surface area contributed by atoms with Crippen LogP contribution in [0.5, 0.6) is 0 Å². The molecule has 0 aromatic carbocycles. The molecule has 0 saturated carbocycles. The predicted molar refractivity (Wildman–Crippen MR) is 58.6 cm³/mol. The van der Waals surface area contributed by atoms with Gasteiger partial charge in [-0.1, -0.05) is 12.2 Å². The van der Waals surface area contributed by atoms with Gasteiger partial charge in [0.25, 0.3) is 0 Å². The highest BCUT2D eigenvalue weighted by Crippen LogP contribution is 2.27. The van der Waals surface area contributed by atoms with Gasteiger partial charge in [-0.2, -0.15) is 0 Å². The number of fused-ring (bicyclic) bond motifs is 1. The van der Waals surface area contributed by atoms with E-state index in [-0.39, 0.29) is 23.9 Å². The fourth-order valence-corrected chi connectivity index (χ4v) is 2.99. The molecule has 4 heteroatoms. The summed E-state index contributed by atoms with van der Waals surface area (Å²) in [5.41, 5.74) is 0. The number of hydrogen-bond donors (Lipinski definition) is 0. The van der Waals surface area contributed by atoms with E-state index in [0.29, 0.717) is 6.54 Å². The van der Waals surface area contributed by atoms with Crippen molar-refractivity contribution in [2.75, 3.05) is 13.1 Å². The average molecular weight is 220 g/mol. The molecule has 1 atom stereocenters. The van der Waals surface area contributed by atoms with E-state index in [9.17, 15) is 9.59 Å². The quantitative estimate of drug-likeness (QED) is 0.605. The van der Waals surface area contributed by atoms with Crippen molar-refractivity contribution in [2.24, 2.45) is 0 Å². The molecule has 3 aliphatic rings. The Labute approximate surface area is 94.9 Å². The third-order valence-electron chi connectivity index (χ3n) is 3.87. The first-order valence-corrected chi connectivity index (χ1v) is 6.02. The number of piperazine rings is 1. The first-order valence-electron chi connectivity index (χ1n) is 6.02. The van der Waals surface area contributed by atoms with Crippen LogP contribution in [0.3, 0.4) is 0 Å². The van der Waals surface area contributed by atoms with E-state index < -0.39 is 0 Å². The standard InChI is InChI=1S/C12H16N2O2/c15-11-8-14(9-4-1-2-5-9)12(16)10-6-3-7-13(10)11/h1-2,9-10H,3-8H2. The van der Waals surface area contributed by atoms with Crippen molar-refractivity contribution >= 4 is 11.8 Å². The van der Waals surface area contributed by atoms with E-state index in [2.05, 4.69) is 12.2 Å². The van der Waals surface area contributed by atoms with Crippen LogP contribution in [-0.4, -0.2) is 46.8 Å². The molecule has 2 fully saturated rings. The highest BCUT2D eigenvalue weighted by molar-refractivity contribution is 5.95. The lowest BCUT2D eigenvalue weighted by atomic mass is 10.1. The number of nitrogens with zero attached hydrogens (tertiary/aromatic N) is 2. The SMILES string of the molecule is O=C1C2CCCN2C(=O)CN1C1CC=CC1. The number of carbonyl (C=O) groups is 2. The summed E-state index contributed by atoms with van der Waals surface area (Å²) in [7, 11) is 0. The lowest BCUT2D eigenvalue weighted by molar-refractivity contribution is -0.155. The monoisotopic (exact) mass is 220 g/mol. The summed E-state index contributed by atoms with van der Waals surface area (Å²) >= 11 is 0. The van der Waals surface area contributed by atoms with Gasteiger partial charge in [0.05, 0.1) is 0 Å². The van der Waals surface area contributed by atoms with Crippen LogP contribution in [0.25, 0.3) is 0 Å². The zero-order chi connectivity index (χ0) is 11.1. The van der Waals surface area contributed by atoms with Crippen molar-refractivity contribution in [1.82, 2.24) is 9.80 Å². The van der Waals surface area contributed by atoms with Gasteiger partial charge in [-0.15, -0.1) is 0 Å². The van der Waals surface area contributed by atoms with Gasteiger partial charge in [-0.25, -0.2) is 0 Å². The van der Waals surface area contributed by atoms with Crippen LogP contribution < -0.4 is 0 Å². The average Bonchev–Trinajstić information content (AvgIpc) is 2.92. The number of rotatable bonds is 1. The second-order valence-electron chi connectivity index (χ2n) is 4.81. The third kappa shape index (κ3) is 1.36. The molecule has 1 aliphatic carbocycles. The van der Waals surface area contributed by atoms with Gasteiger partial charge in [0, 0.05) is 12.6 Å². The van der Waals surface area contributed by atoms with Crippen LogP contribution in [0.2, 0.25) is 0 Å². The molecule has 2 saturated heterocycles. The van der Waals surface area contributed by atoms with Crippen LogP contribution >= 0.6 is 0 Å². The first-order chi connectivity index (χ1) is 7.77. The molecule has 0 aromatic heterocycles. The molecule has 1 unspecified atom stereocenters. The van der Waals surface area contributed by atoms with Crippen LogP contribution in [0, 0.1) is 0 Å². The highest BCUT2D eigenvalue weighted by atomic mass is 16.2. The van der Waals surface area contributed by atoms with Gasteiger partial charge in [0.2, 0.25) is 11.8 Å². The molecule has 0 spiro atoms. The van der Waals surface area contributed by atoms with E-state index >= 15 is 0 Å². The first kappa shape index (κ1) is 9.87. The Balaban J connectivity index is 1.80. The molecule has 2 heterocycles. The molecular formula is C12H16N2O2. The van der Waals surface area contributed by atoms with E-state index in [1.54, 1.807) is 9.80 Å². The molecule has 0 N–H and O–H groups in total. The minimum Gasteiger partial charge on any atom is -0.329 e. The molecule has 2 amide bonds. The second kappa shape index (κ2) is 3.61. The molecule has 3 rings (SSSR count). The lowest BCUT2D eigenvalue weighted by Crippen LogP contribution is -2.59. The zero-order valence-corrected chi connectivity index (χ0v) is 9.26. The van der Waals surface area contributed by atoms with Crippen molar-refractivity contribution in [3.63, 3.8) is 0 Å². The van der Waals surface area contributed by atoms with Crippen molar-refractivity contribution in [3.8, 4) is 0 Å². The normalized spacial score (nSPS) is 30.4. The Bertz CT molecular complexity index is 356. The summed E-state index contributed by atoms with van der Waals surface area (Å²) in [5, 5.41) is 0. The Hall–Kier alpha value is -1.32. The fourth-order valence-electron chi connectivity index (χ4n) is 2.99. The molecule has 0 aromatic rings. The van der Waals surface area contributed by atoms with Gasteiger partial charge in [-0.3, -0.25) is 9.59 Å². The summed E-state index contributed by atoms with van der Waals surface area (Å²) in [6.07, 6.45) is 7.84. The van der Waals surface area contributed by atoms with E-state index in [4.69, 9.17) is 0 Å². The van der Waals surface area contributed by atoms with E-state index in [1.165, 1.54) is 0 Å². The van der Waals surface area contributed by atoms with E-state index in [0.717, 1.165) is 32.2 Å². The molecule has 86 valence electrons. The Morgan fingerprint density at radius 3 is 2.62 bits per heavy atom. The van der Waals surface area contributed by atoms with Crippen molar-refractivity contribution < 1.29 is 9.59 Å². The van der Waals surface area contributed by atoms with Gasteiger partial charge in [-0.05, 0) is 25.7 Å². The summed E-state index contributed by atoms with van der Waals surface area (Å²) in [6, 6.07) is 0.0843. The van der Waals surface area contributed by atoms with Gasteiger partial charge in [0.1, 0.15) is 12.6 Å². The summed E-state index contributed by atoms with van der Waals surface area (Å²) < 4.78 is 0. The van der Waals surface area contributed by atoms with Crippen LogP contribution in [-0.2, 0) is 9.59 Å². The summed E-state index contributed by atoms with van der Waals surface area (Å²) in [5.74, 6) is 0.305. The van der Waals surface area contributed by atoms with Crippen LogP contribution in [0.4, 0.5) is 0 Å². The second-order valence-corrected chi connectivity index (χ2v) is 4.81. The number of hydrogen-bond acceptors (Lipinski definition) is 2. The zero-order valence-electron chi connectivity index (χ0n) is 9.26. The maximum absolute atomic E-state index is 12.2. The smallest absolute Gasteiger partial charge is 0.246 e. The maximum atomic E-state index is 12.2. The van der Waals surface area contributed by atoms with Crippen molar-refractivity contribution in [2.45, 2.75) is 37.8 Å². The Kier molecular flexibility index (Phi) is 2.23. The highest BCUT2D eigenvalue weighted by Gasteiger charge is 2.43. The Morgan fingerprint density at radius 1 is 1.12 bits per heavy atom. The molecule has 0 radical (unpaired) electrons. The molecule has 16 heavy (non-hydrogen) atoms. The Morgan fingerprint density at radius 2 is 1.88 bits per heavy atom. The van der Waals surface area contributed by atoms with E-state index in [1.807, 2.05) is 0 Å². The minimum atomic E-state index is -0.151. The topological polar surface area (TPSA) is 40.6 Å². The van der Waals surface area contributed by atoms with Crippen LogP contribution in [0.1, 0.15) is 25.7 Å².